The van der Waals surface area contributed by atoms with E-state index in [2.05, 4.69) is 22.8 Å². The predicted octanol–water partition coefficient (Wildman–Crippen LogP) is 6.97. The zero-order valence-electron chi connectivity index (χ0n) is 16.2. The molecule has 0 saturated carbocycles. The molecule has 2 N–H and O–H groups in total. The van der Waals surface area contributed by atoms with Crippen LogP contribution < -0.4 is 10.6 Å². The normalized spacial score (nSPS) is 20.5. The summed E-state index contributed by atoms with van der Waals surface area (Å²) in [5.74, 6) is 0.283. The van der Waals surface area contributed by atoms with Crippen LogP contribution >= 0.6 is 23.2 Å². The van der Waals surface area contributed by atoms with Gasteiger partial charge in [0.05, 0.1) is 17.4 Å². The highest BCUT2D eigenvalue weighted by Crippen LogP contribution is 2.45. The molecule has 0 unspecified atom stereocenters. The largest absolute Gasteiger partial charge is 0.372 e. The number of allylic oxidation sites excluding steroid dienone is 1. The van der Waals surface area contributed by atoms with Gasteiger partial charge in [-0.2, -0.15) is 0 Å². The summed E-state index contributed by atoms with van der Waals surface area (Å²) in [5, 5.41) is 8.22. The van der Waals surface area contributed by atoms with E-state index in [0.717, 1.165) is 34.6 Å². The molecule has 0 fully saturated rings. The molecule has 0 bridgehead atoms. The number of halogens is 2. The number of carbonyl (C=O) groups excluding carboxylic acids is 1. The zero-order valence-corrected chi connectivity index (χ0v) is 17.7. The average Bonchev–Trinajstić information content (AvgIpc) is 2.91. The molecule has 1 aliphatic heterocycles. The number of fused-ring (bicyclic) bond motifs is 1. The van der Waals surface area contributed by atoms with E-state index in [1.54, 1.807) is 6.07 Å². The number of Topliss-reactive ketones (excluding diaryl/α,β-unsaturated/α-hetero) is 1. The zero-order chi connectivity index (χ0) is 20.7. The molecular weight excluding hydrogens is 415 g/mol. The fourth-order valence-electron chi connectivity index (χ4n) is 4.42. The highest BCUT2D eigenvalue weighted by Gasteiger charge is 2.36. The van der Waals surface area contributed by atoms with E-state index in [1.807, 2.05) is 54.6 Å². The molecule has 3 nitrogen and oxygen atoms in total. The van der Waals surface area contributed by atoms with E-state index < -0.39 is 0 Å². The van der Waals surface area contributed by atoms with E-state index >= 15 is 0 Å². The Morgan fingerprint density at radius 2 is 1.57 bits per heavy atom. The Morgan fingerprint density at radius 1 is 0.833 bits per heavy atom. The molecule has 1 aliphatic carbocycles. The molecule has 30 heavy (non-hydrogen) atoms. The van der Waals surface area contributed by atoms with Gasteiger partial charge in [-0.1, -0.05) is 71.7 Å². The van der Waals surface area contributed by atoms with E-state index in [1.165, 1.54) is 5.56 Å². The lowest BCUT2D eigenvalue weighted by Crippen LogP contribution is -2.27. The fraction of sp³-hybridized carbons (Fsp3) is 0.160. The molecule has 0 saturated heterocycles. The van der Waals surface area contributed by atoms with Gasteiger partial charge in [-0.25, -0.2) is 0 Å². The summed E-state index contributed by atoms with van der Waals surface area (Å²) in [4.78, 5) is 13.5. The third kappa shape index (κ3) is 3.49. The van der Waals surface area contributed by atoms with Gasteiger partial charge in [0, 0.05) is 27.7 Å². The summed E-state index contributed by atoms with van der Waals surface area (Å²) in [7, 11) is 0. The standard InChI is InChI=1S/C25H20Cl2N2O/c26-17-10-11-18(19(27)14-17)25-24-22(28-20-8-4-5-9-21(20)29-25)12-16(13-23(24)30)15-6-2-1-3-7-15/h1-11,14,16,25,28-29H,12-13H2/t16-,25-/m0/s1. The van der Waals surface area contributed by atoms with E-state index in [-0.39, 0.29) is 17.7 Å². The maximum Gasteiger partial charge on any atom is 0.163 e. The summed E-state index contributed by atoms with van der Waals surface area (Å²) in [6, 6.07) is 23.3. The Kier molecular flexibility index (Phi) is 5.01. The van der Waals surface area contributed by atoms with Crippen molar-refractivity contribution >= 4 is 40.4 Å². The van der Waals surface area contributed by atoms with Gasteiger partial charge in [0.2, 0.25) is 0 Å². The van der Waals surface area contributed by atoms with Gasteiger partial charge in [0.15, 0.2) is 5.78 Å². The van der Waals surface area contributed by atoms with Crippen LogP contribution in [-0.4, -0.2) is 5.78 Å². The van der Waals surface area contributed by atoms with Gasteiger partial charge < -0.3 is 10.6 Å². The highest BCUT2D eigenvalue weighted by molar-refractivity contribution is 6.35. The first kappa shape index (κ1) is 19.2. The van der Waals surface area contributed by atoms with Crippen LogP contribution in [0, 0.1) is 0 Å². The first-order chi connectivity index (χ1) is 14.6. The van der Waals surface area contributed by atoms with Crippen LogP contribution in [0.4, 0.5) is 11.4 Å². The fourth-order valence-corrected chi connectivity index (χ4v) is 4.94. The van der Waals surface area contributed by atoms with Crippen LogP contribution in [0.2, 0.25) is 10.0 Å². The Morgan fingerprint density at radius 3 is 2.33 bits per heavy atom. The van der Waals surface area contributed by atoms with Gasteiger partial charge >= 0.3 is 0 Å². The quantitative estimate of drug-likeness (QED) is 0.457. The van der Waals surface area contributed by atoms with Gasteiger partial charge in [-0.3, -0.25) is 4.79 Å². The summed E-state index contributed by atoms with van der Waals surface area (Å²) < 4.78 is 0. The Bertz CT molecular complexity index is 1160. The second-order valence-corrected chi connectivity index (χ2v) is 8.59. The lowest BCUT2D eigenvalue weighted by molar-refractivity contribution is -0.116. The second kappa shape index (κ2) is 7.82. The molecule has 150 valence electrons. The topological polar surface area (TPSA) is 41.1 Å². The molecule has 2 atom stereocenters. The van der Waals surface area contributed by atoms with Crippen LogP contribution in [0.1, 0.15) is 35.9 Å². The van der Waals surface area contributed by atoms with Crippen LogP contribution in [0.5, 0.6) is 0 Å². The molecule has 5 rings (SSSR count). The minimum absolute atomic E-state index is 0.133. The molecule has 1 heterocycles. The molecule has 0 aromatic heterocycles. The van der Waals surface area contributed by atoms with Crippen molar-refractivity contribution in [3.05, 3.63) is 105 Å². The third-order valence-electron chi connectivity index (χ3n) is 5.85. The minimum Gasteiger partial charge on any atom is -0.372 e. The Balaban J connectivity index is 1.64. The number of anilines is 2. The Labute approximate surface area is 185 Å². The van der Waals surface area contributed by atoms with Crippen molar-refractivity contribution in [3.8, 4) is 0 Å². The van der Waals surface area contributed by atoms with Crippen molar-refractivity contribution in [2.45, 2.75) is 24.8 Å². The third-order valence-corrected chi connectivity index (χ3v) is 6.42. The summed E-state index contributed by atoms with van der Waals surface area (Å²) in [6.45, 7) is 0. The second-order valence-electron chi connectivity index (χ2n) is 7.75. The number of rotatable bonds is 2. The monoisotopic (exact) mass is 434 g/mol. The maximum absolute atomic E-state index is 13.5. The van der Waals surface area contributed by atoms with Crippen molar-refractivity contribution in [2.75, 3.05) is 10.6 Å². The number of para-hydroxylation sites is 2. The number of benzene rings is 3. The van der Waals surface area contributed by atoms with Gasteiger partial charge in [-0.15, -0.1) is 0 Å². The van der Waals surface area contributed by atoms with Crippen molar-refractivity contribution < 1.29 is 4.79 Å². The predicted molar refractivity (Wildman–Crippen MR) is 123 cm³/mol. The average molecular weight is 435 g/mol. The molecule has 2 aliphatic rings. The van der Waals surface area contributed by atoms with Gasteiger partial charge in [-0.05, 0) is 47.7 Å². The summed E-state index contributed by atoms with van der Waals surface area (Å²) >= 11 is 12.7. The first-order valence-corrected chi connectivity index (χ1v) is 10.7. The van der Waals surface area contributed by atoms with Crippen LogP contribution in [-0.2, 0) is 4.79 Å². The SMILES string of the molecule is O=C1C[C@@H](c2ccccc2)CC2=C1[C@H](c1ccc(Cl)cc1Cl)Nc1ccccc1N2. The van der Waals surface area contributed by atoms with Crippen LogP contribution in [0.3, 0.4) is 0 Å². The highest BCUT2D eigenvalue weighted by atomic mass is 35.5. The summed E-state index contributed by atoms with van der Waals surface area (Å²) in [5.41, 5.74) is 5.63. The van der Waals surface area contributed by atoms with Crippen molar-refractivity contribution in [1.82, 2.24) is 0 Å². The van der Waals surface area contributed by atoms with Crippen molar-refractivity contribution in [3.63, 3.8) is 0 Å². The maximum atomic E-state index is 13.5. The minimum atomic E-state index is -0.342. The Hall–Kier alpha value is -2.75. The number of hydrogen-bond donors (Lipinski definition) is 2. The van der Waals surface area contributed by atoms with E-state index in [9.17, 15) is 4.79 Å². The first-order valence-electron chi connectivity index (χ1n) is 9.99. The number of nitrogens with one attached hydrogen (secondary N) is 2. The molecule has 3 aromatic carbocycles. The van der Waals surface area contributed by atoms with Crippen molar-refractivity contribution in [1.29, 1.82) is 0 Å². The molecule has 3 aromatic rings. The van der Waals surface area contributed by atoms with E-state index in [0.29, 0.717) is 16.5 Å². The molecule has 5 heteroatoms. The lowest BCUT2D eigenvalue weighted by Gasteiger charge is -2.30. The van der Waals surface area contributed by atoms with Crippen LogP contribution in [0.15, 0.2) is 84.1 Å². The van der Waals surface area contributed by atoms with Gasteiger partial charge in [0.1, 0.15) is 0 Å². The number of carbonyl (C=O) groups is 1. The summed E-state index contributed by atoms with van der Waals surface area (Å²) in [6.07, 6.45) is 1.24. The van der Waals surface area contributed by atoms with E-state index in [4.69, 9.17) is 23.2 Å². The number of ketones is 1. The molecule has 0 amide bonds. The number of hydrogen-bond acceptors (Lipinski definition) is 3. The smallest absolute Gasteiger partial charge is 0.163 e. The molecular formula is C25H20Cl2N2O. The lowest BCUT2D eigenvalue weighted by atomic mass is 9.78. The van der Waals surface area contributed by atoms with Gasteiger partial charge in [0.25, 0.3) is 0 Å². The van der Waals surface area contributed by atoms with Crippen molar-refractivity contribution in [2.24, 2.45) is 0 Å². The van der Waals surface area contributed by atoms with Crippen LogP contribution in [0.25, 0.3) is 0 Å². The molecule has 0 spiro atoms. The molecule has 0 radical (unpaired) electrons.